The van der Waals surface area contributed by atoms with Gasteiger partial charge < -0.3 is 10.1 Å². The summed E-state index contributed by atoms with van der Waals surface area (Å²) in [6.45, 7) is 1.32. The Morgan fingerprint density at radius 1 is 1.44 bits per heavy atom. The first kappa shape index (κ1) is 11.2. The van der Waals surface area contributed by atoms with Crippen LogP contribution < -0.4 is 5.32 Å². The maximum Gasteiger partial charge on any atom is 0.228 e. The second-order valence-electron chi connectivity index (χ2n) is 4.33. The first-order valence-electron chi connectivity index (χ1n) is 6.02. The van der Waals surface area contributed by atoms with Crippen LogP contribution in [0.25, 0.3) is 5.65 Å². The van der Waals surface area contributed by atoms with Crippen LogP contribution in [-0.4, -0.2) is 33.7 Å². The molecule has 0 spiro atoms. The normalized spacial score (nSPS) is 16.9. The van der Waals surface area contributed by atoms with Crippen LogP contribution in [0.1, 0.15) is 12.8 Å². The quantitative estimate of drug-likeness (QED) is 0.861. The lowest BCUT2D eigenvalue weighted by Crippen LogP contribution is -2.28. The van der Waals surface area contributed by atoms with Gasteiger partial charge in [0.2, 0.25) is 5.91 Å². The molecule has 0 aliphatic carbocycles. The SMILES string of the molecule is O=C(Nc1cn2ncccc2n1)C1CCOCC1. The van der Waals surface area contributed by atoms with Crippen LogP contribution in [0.4, 0.5) is 5.82 Å². The van der Waals surface area contributed by atoms with Crippen LogP contribution in [-0.2, 0) is 9.53 Å². The highest BCUT2D eigenvalue weighted by atomic mass is 16.5. The number of nitrogens with zero attached hydrogens (tertiary/aromatic N) is 3. The number of rotatable bonds is 2. The summed E-state index contributed by atoms with van der Waals surface area (Å²) in [5.41, 5.74) is 0.722. The van der Waals surface area contributed by atoms with Crippen molar-refractivity contribution in [2.24, 2.45) is 5.92 Å². The Kier molecular flexibility index (Phi) is 2.93. The summed E-state index contributed by atoms with van der Waals surface area (Å²) < 4.78 is 6.88. The molecule has 1 amide bonds. The Bertz CT molecular complexity index is 527. The number of fused-ring (bicyclic) bond motifs is 1. The van der Waals surface area contributed by atoms with Crippen molar-refractivity contribution < 1.29 is 9.53 Å². The molecule has 6 nitrogen and oxygen atoms in total. The summed E-state index contributed by atoms with van der Waals surface area (Å²) in [5.74, 6) is 0.586. The third-order valence-corrected chi connectivity index (χ3v) is 3.08. The van der Waals surface area contributed by atoms with Crippen LogP contribution in [0, 0.1) is 5.92 Å². The average Bonchev–Trinajstić information content (AvgIpc) is 2.82. The van der Waals surface area contributed by atoms with Crippen molar-refractivity contribution >= 4 is 17.4 Å². The lowest BCUT2D eigenvalue weighted by molar-refractivity contribution is -0.122. The molecule has 0 saturated carbocycles. The molecule has 0 aromatic carbocycles. The first-order chi connectivity index (χ1) is 8.83. The minimum atomic E-state index is 0.0155. The molecule has 3 rings (SSSR count). The molecule has 1 N–H and O–H groups in total. The number of amides is 1. The Labute approximate surface area is 104 Å². The minimum Gasteiger partial charge on any atom is -0.381 e. The van der Waals surface area contributed by atoms with Crippen LogP contribution >= 0.6 is 0 Å². The molecule has 0 atom stereocenters. The Morgan fingerprint density at radius 2 is 2.28 bits per heavy atom. The lowest BCUT2D eigenvalue weighted by Gasteiger charge is -2.20. The summed E-state index contributed by atoms with van der Waals surface area (Å²) in [7, 11) is 0. The molecule has 3 heterocycles. The van der Waals surface area contributed by atoms with E-state index in [1.165, 1.54) is 0 Å². The zero-order chi connectivity index (χ0) is 12.4. The predicted octanol–water partition coefficient (Wildman–Crippen LogP) is 1.09. The molecule has 0 radical (unpaired) electrons. The summed E-state index contributed by atoms with van der Waals surface area (Å²) in [5, 5.41) is 6.94. The van der Waals surface area contributed by atoms with Gasteiger partial charge in [0, 0.05) is 25.3 Å². The molecule has 2 aromatic heterocycles. The van der Waals surface area contributed by atoms with Crippen LogP contribution in [0.15, 0.2) is 24.5 Å². The number of hydrogen-bond acceptors (Lipinski definition) is 4. The second-order valence-corrected chi connectivity index (χ2v) is 4.33. The molecule has 2 aromatic rings. The fourth-order valence-electron chi connectivity index (χ4n) is 2.08. The van der Waals surface area contributed by atoms with Gasteiger partial charge in [-0.05, 0) is 25.0 Å². The number of carbonyl (C=O) groups excluding carboxylic acids is 1. The minimum absolute atomic E-state index is 0.0155. The molecule has 1 saturated heterocycles. The third-order valence-electron chi connectivity index (χ3n) is 3.08. The van der Waals surface area contributed by atoms with Gasteiger partial charge >= 0.3 is 0 Å². The summed E-state index contributed by atoms with van der Waals surface area (Å²) in [6, 6.07) is 3.66. The maximum atomic E-state index is 12.0. The van der Waals surface area contributed by atoms with E-state index in [2.05, 4.69) is 15.4 Å². The average molecular weight is 246 g/mol. The van der Waals surface area contributed by atoms with Crippen molar-refractivity contribution in [1.29, 1.82) is 0 Å². The van der Waals surface area contributed by atoms with E-state index in [0.717, 1.165) is 18.5 Å². The van der Waals surface area contributed by atoms with Gasteiger partial charge in [-0.1, -0.05) is 0 Å². The van der Waals surface area contributed by atoms with E-state index >= 15 is 0 Å². The van der Waals surface area contributed by atoms with Gasteiger partial charge in [-0.15, -0.1) is 0 Å². The van der Waals surface area contributed by atoms with E-state index in [-0.39, 0.29) is 11.8 Å². The standard InChI is InChI=1S/C12H14N4O2/c17-12(9-3-6-18-7-4-9)15-10-8-16-11(14-10)2-1-5-13-16/h1-2,5,8-9H,3-4,6-7H2,(H,15,17). The molecule has 94 valence electrons. The van der Waals surface area contributed by atoms with Crippen LogP contribution in [0.3, 0.4) is 0 Å². The molecule has 0 bridgehead atoms. The molecular formula is C12H14N4O2. The number of imidazole rings is 1. The fraction of sp³-hybridized carbons (Fsp3) is 0.417. The smallest absolute Gasteiger partial charge is 0.228 e. The van der Waals surface area contributed by atoms with Crippen molar-refractivity contribution in [3.05, 3.63) is 24.5 Å². The summed E-state index contributed by atoms with van der Waals surface area (Å²) >= 11 is 0. The Morgan fingerprint density at radius 3 is 3.06 bits per heavy atom. The number of carbonyl (C=O) groups is 1. The van der Waals surface area contributed by atoms with Gasteiger partial charge in [-0.2, -0.15) is 5.10 Å². The van der Waals surface area contributed by atoms with Crippen LogP contribution in [0.2, 0.25) is 0 Å². The summed E-state index contributed by atoms with van der Waals surface area (Å²) in [4.78, 5) is 16.3. The van der Waals surface area contributed by atoms with Gasteiger partial charge in [0.15, 0.2) is 11.5 Å². The van der Waals surface area contributed by atoms with Crippen molar-refractivity contribution in [2.45, 2.75) is 12.8 Å². The molecule has 1 fully saturated rings. The second kappa shape index (κ2) is 4.73. The first-order valence-corrected chi connectivity index (χ1v) is 6.02. The molecule has 1 aliphatic heterocycles. The van der Waals surface area contributed by atoms with Gasteiger partial charge in [-0.3, -0.25) is 4.79 Å². The monoisotopic (exact) mass is 246 g/mol. The van der Waals surface area contributed by atoms with Gasteiger partial charge in [0.25, 0.3) is 0 Å². The van der Waals surface area contributed by atoms with Crippen molar-refractivity contribution in [1.82, 2.24) is 14.6 Å². The molecule has 0 unspecified atom stereocenters. The number of nitrogens with one attached hydrogen (secondary N) is 1. The van der Waals surface area contributed by atoms with Gasteiger partial charge in [0.05, 0.1) is 6.20 Å². The lowest BCUT2D eigenvalue weighted by atomic mass is 10.00. The molecule has 6 heteroatoms. The maximum absolute atomic E-state index is 12.0. The highest BCUT2D eigenvalue weighted by Crippen LogP contribution is 2.17. The van der Waals surface area contributed by atoms with E-state index in [9.17, 15) is 4.79 Å². The topological polar surface area (TPSA) is 68.5 Å². The van der Waals surface area contributed by atoms with Crippen molar-refractivity contribution in [3.63, 3.8) is 0 Å². The van der Waals surface area contributed by atoms with E-state index in [1.807, 2.05) is 12.1 Å². The number of aromatic nitrogens is 3. The van der Waals surface area contributed by atoms with E-state index < -0.39 is 0 Å². The molecule has 1 aliphatic rings. The fourth-order valence-corrected chi connectivity index (χ4v) is 2.08. The van der Waals surface area contributed by atoms with Gasteiger partial charge in [-0.25, -0.2) is 9.50 Å². The predicted molar refractivity (Wildman–Crippen MR) is 65.2 cm³/mol. The number of hydrogen-bond donors (Lipinski definition) is 1. The zero-order valence-corrected chi connectivity index (χ0v) is 9.87. The van der Waals surface area contributed by atoms with Crippen molar-refractivity contribution in [2.75, 3.05) is 18.5 Å². The highest BCUT2D eigenvalue weighted by molar-refractivity contribution is 5.91. The molecule has 18 heavy (non-hydrogen) atoms. The number of ether oxygens (including phenoxy) is 1. The van der Waals surface area contributed by atoms with Gasteiger partial charge in [0.1, 0.15) is 0 Å². The highest BCUT2D eigenvalue weighted by Gasteiger charge is 2.22. The van der Waals surface area contributed by atoms with Crippen LogP contribution in [0.5, 0.6) is 0 Å². The zero-order valence-electron chi connectivity index (χ0n) is 9.87. The largest absolute Gasteiger partial charge is 0.381 e. The third kappa shape index (κ3) is 2.19. The number of anilines is 1. The Hall–Kier alpha value is -1.95. The molecular weight excluding hydrogens is 232 g/mol. The summed E-state index contributed by atoms with van der Waals surface area (Å²) in [6.07, 6.45) is 4.94. The van der Waals surface area contributed by atoms with E-state index in [1.54, 1.807) is 16.9 Å². The Balaban J connectivity index is 1.73. The van der Waals surface area contributed by atoms with E-state index in [4.69, 9.17) is 4.74 Å². The van der Waals surface area contributed by atoms with Crippen molar-refractivity contribution in [3.8, 4) is 0 Å². The van der Waals surface area contributed by atoms with E-state index in [0.29, 0.717) is 19.0 Å².